The zero-order chi connectivity index (χ0) is 13.9. The molecule has 0 saturated carbocycles. The van der Waals surface area contributed by atoms with Crippen LogP contribution in [0.1, 0.15) is 26.7 Å². The number of hydrogen-bond acceptors (Lipinski definition) is 3. The number of hydrogen-bond donors (Lipinski definition) is 0. The van der Waals surface area contributed by atoms with Crippen LogP contribution < -0.4 is 4.74 Å². The summed E-state index contributed by atoms with van der Waals surface area (Å²) in [5.74, 6) is 0.854. The lowest BCUT2D eigenvalue weighted by Crippen LogP contribution is -2.44. The molecule has 0 bridgehead atoms. The van der Waals surface area contributed by atoms with Crippen molar-refractivity contribution in [2.24, 2.45) is 0 Å². The Bertz CT molecular complexity index is 491. The number of benzene rings is 1. The van der Waals surface area contributed by atoms with Gasteiger partial charge in [-0.2, -0.15) is 0 Å². The summed E-state index contributed by atoms with van der Waals surface area (Å²) in [6.45, 7) is 4.56. The van der Waals surface area contributed by atoms with Crippen molar-refractivity contribution >= 4 is 10.0 Å². The van der Waals surface area contributed by atoms with Gasteiger partial charge in [0.25, 0.3) is 0 Å². The number of para-hydroxylation sites is 1. The van der Waals surface area contributed by atoms with Gasteiger partial charge in [-0.3, -0.25) is 0 Å². The van der Waals surface area contributed by atoms with Gasteiger partial charge in [-0.1, -0.05) is 18.2 Å². The molecule has 0 aliphatic carbocycles. The highest BCUT2D eigenvalue weighted by molar-refractivity contribution is 7.89. The van der Waals surface area contributed by atoms with Crippen LogP contribution in [-0.2, 0) is 10.0 Å². The fraction of sp³-hybridized carbons (Fsp3) is 0.571. The van der Waals surface area contributed by atoms with Crippen LogP contribution in [0.4, 0.5) is 0 Å². The molecule has 4 nitrogen and oxygen atoms in total. The van der Waals surface area contributed by atoms with E-state index in [2.05, 4.69) is 0 Å². The molecule has 106 valence electrons. The number of sulfonamides is 1. The molecular formula is C14H21NO3S. The summed E-state index contributed by atoms with van der Waals surface area (Å²) >= 11 is 0. The molecule has 0 unspecified atom stereocenters. The largest absolute Gasteiger partial charge is 0.490 e. The van der Waals surface area contributed by atoms with Crippen molar-refractivity contribution in [1.29, 1.82) is 0 Å². The van der Waals surface area contributed by atoms with Gasteiger partial charge in [0.2, 0.25) is 10.0 Å². The molecule has 0 aromatic heterocycles. The van der Waals surface area contributed by atoms with E-state index < -0.39 is 10.0 Å². The minimum atomic E-state index is -3.12. The molecule has 1 fully saturated rings. The van der Waals surface area contributed by atoms with E-state index in [-0.39, 0.29) is 11.4 Å². The molecular weight excluding hydrogens is 262 g/mol. The topological polar surface area (TPSA) is 46.6 Å². The minimum Gasteiger partial charge on any atom is -0.490 e. The molecule has 0 radical (unpaired) electrons. The predicted molar refractivity (Wildman–Crippen MR) is 75.7 cm³/mol. The van der Waals surface area contributed by atoms with Crippen LogP contribution in [0.25, 0.3) is 0 Å². The summed E-state index contributed by atoms with van der Waals surface area (Å²) < 4.78 is 31.5. The summed E-state index contributed by atoms with van der Waals surface area (Å²) in [4.78, 5) is 0. The molecule has 1 aliphatic rings. The fourth-order valence-electron chi connectivity index (χ4n) is 2.19. The third kappa shape index (κ3) is 3.48. The lowest BCUT2D eigenvalue weighted by molar-refractivity contribution is 0.135. The van der Waals surface area contributed by atoms with E-state index >= 15 is 0 Å². The second-order valence-electron chi connectivity index (χ2n) is 5.12. The van der Waals surface area contributed by atoms with E-state index in [0.717, 1.165) is 18.6 Å². The molecule has 1 saturated heterocycles. The van der Waals surface area contributed by atoms with E-state index in [0.29, 0.717) is 13.1 Å². The van der Waals surface area contributed by atoms with E-state index in [4.69, 9.17) is 4.74 Å². The molecule has 0 spiro atoms. The Morgan fingerprint density at radius 1 is 1.16 bits per heavy atom. The van der Waals surface area contributed by atoms with E-state index in [1.54, 1.807) is 18.2 Å². The Morgan fingerprint density at radius 3 is 2.26 bits per heavy atom. The minimum absolute atomic E-state index is 0.112. The maximum Gasteiger partial charge on any atom is 0.216 e. The van der Waals surface area contributed by atoms with Crippen LogP contribution >= 0.6 is 0 Å². The second-order valence-corrected chi connectivity index (χ2v) is 7.61. The van der Waals surface area contributed by atoms with Gasteiger partial charge in [-0.15, -0.1) is 0 Å². The van der Waals surface area contributed by atoms with Gasteiger partial charge >= 0.3 is 0 Å². The molecule has 1 heterocycles. The maximum atomic E-state index is 12.0. The highest BCUT2D eigenvalue weighted by atomic mass is 32.2. The molecule has 1 aliphatic heterocycles. The Kier molecular flexibility index (Phi) is 4.47. The zero-order valence-corrected chi connectivity index (χ0v) is 12.3. The second kappa shape index (κ2) is 5.92. The molecule has 19 heavy (non-hydrogen) atoms. The van der Waals surface area contributed by atoms with Crippen LogP contribution in [0.15, 0.2) is 30.3 Å². The zero-order valence-electron chi connectivity index (χ0n) is 11.5. The first-order chi connectivity index (χ1) is 9.00. The van der Waals surface area contributed by atoms with Crippen LogP contribution in [-0.4, -0.2) is 37.2 Å². The van der Waals surface area contributed by atoms with Crippen molar-refractivity contribution < 1.29 is 13.2 Å². The third-order valence-corrected chi connectivity index (χ3v) is 5.68. The summed E-state index contributed by atoms with van der Waals surface area (Å²) in [6.07, 6.45) is 1.61. The Labute approximate surface area is 115 Å². The van der Waals surface area contributed by atoms with Crippen molar-refractivity contribution in [3.8, 4) is 5.75 Å². The molecule has 1 aromatic carbocycles. The van der Waals surface area contributed by atoms with Gasteiger partial charge in [0.15, 0.2) is 0 Å². The van der Waals surface area contributed by atoms with Gasteiger partial charge in [0, 0.05) is 13.1 Å². The smallest absolute Gasteiger partial charge is 0.216 e. The molecule has 0 amide bonds. The highest BCUT2D eigenvalue weighted by Gasteiger charge is 2.30. The molecule has 5 heteroatoms. The number of ether oxygens (including phenoxy) is 1. The van der Waals surface area contributed by atoms with Gasteiger partial charge in [-0.25, -0.2) is 12.7 Å². The molecule has 0 atom stereocenters. The Morgan fingerprint density at radius 2 is 1.74 bits per heavy atom. The first-order valence-corrected chi connectivity index (χ1v) is 8.21. The molecule has 2 rings (SSSR count). The Balaban J connectivity index is 1.90. The predicted octanol–water partition coefficient (Wildman–Crippen LogP) is 2.27. The SMILES string of the molecule is CC(C)S(=O)(=O)N1CCC(Oc2ccccc2)CC1. The maximum absolute atomic E-state index is 12.0. The fourth-order valence-corrected chi connectivity index (χ4v) is 3.51. The van der Waals surface area contributed by atoms with Gasteiger partial charge in [0.05, 0.1) is 5.25 Å². The van der Waals surface area contributed by atoms with E-state index in [1.807, 2.05) is 30.3 Å². The average Bonchev–Trinajstić information content (AvgIpc) is 2.40. The number of piperidine rings is 1. The van der Waals surface area contributed by atoms with Crippen molar-refractivity contribution in [1.82, 2.24) is 4.31 Å². The first-order valence-electron chi connectivity index (χ1n) is 6.71. The summed E-state index contributed by atoms with van der Waals surface area (Å²) in [5, 5.41) is -0.348. The van der Waals surface area contributed by atoms with E-state index in [1.165, 1.54) is 0 Å². The summed E-state index contributed by atoms with van der Waals surface area (Å²) in [6, 6.07) is 9.68. The van der Waals surface area contributed by atoms with Gasteiger partial charge < -0.3 is 4.74 Å². The van der Waals surface area contributed by atoms with Crippen LogP contribution in [0.5, 0.6) is 5.75 Å². The lowest BCUT2D eigenvalue weighted by Gasteiger charge is -2.32. The monoisotopic (exact) mass is 283 g/mol. The van der Waals surface area contributed by atoms with Crippen molar-refractivity contribution in [3.05, 3.63) is 30.3 Å². The average molecular weight is 283 g/mol. The van der Waals surface area contributed by atoms with Crippen molar-refractivity contribution in [3.63, 3.8) is 0 Å². The van der Waals surface area contributed by atoms with Crippen LogP contribution in [0, 0.1) is 0 Å². The highest BCUT2D eigenvalue weighted by Crippen LogP contribution is 2.21. The summed E-state index contributed by atoms with van der Waals surface area (Å²) in [5.41, 5.74) is 0. The number of nitrogens with zero attached hydrogens (tertiary/aromatic N) is 1. The van der Waals surface area contributed by atoms with Crippen molar-refractivity contribution in [2.75, 3.05) is 13.1 Å². The van der Waals surface area contributed by atoms with Gasteiger partial charge in [0.1, 0.15) is 11.9 Å². The van der Waals surface area contributed by atoms with E-state index in [9.17, 15) is 8.42 Å². The molecule has 1 aromatic rings. The van der Waals surface area contributed by atoms with Crippen LogP contribution in [0.3, 0.4) is 0 Å². The lowest BCUT2D eigenvalue weighted by atomic mass is 10.1. The standard InChI is InChI=1S/C14H21NO3S/c1-12(2)19(16,17)15-10-8-14(9-11-15)18-13-6-4-3-5-7-13/h3-7,12,14H,8-11H2,1-2H3. The first kappa shape index (κ1) is 14.3. The quantitative estimate of drug-likeness (QED) is 0.851. The molecule has 0 N–H and O–H groups in total. The Hall–Kier alpha value is -1.07. The normalized spacial score (nSPS) is 18.7. The summed E-state index contributed by atoms with van der Waals surface area (Å²) in [7, 11) is -3.12. The van der Waals surface area contributed by atoms with Crippen LogP contribution in [0.2, 0.25) is 0 Å². The van der Waals surface area contributed by atoms with Crippen molar-refractivity contribution in [2.45, 2.75) is 38.0 Å². The van der Waals surface area contributed by atoms with Gasteiger partial charge in [-0.05, 0) is 38.8 Å². The third-order valence-electron chi connectivity index (χ3n) is 3.40. The number of rotatable bonds is 4.